The molecule has 2 amide bonds. The van der Waals surface area contributed by atoms with E-state index in [0.29, 0.717) is 24.7 Å². The van der Waals surface area contributed by atoms with Crippen LogP contribution in [0.5, 0.6) is 0 Å². The van der Waals surface area contributed by atoms with Crippen LogP contribution in [0.1, 0.15) is 30.9 Å². The number of nitrogens with two attached hydrogens (primary N) is 1. The Morgan fingerprint density at radius 3 is 2.31 bits per heavy atom. The molecule has 0 spiro atoms. The first-order valence-corrected chi connectivity index (χ1v) is 8.99. The number of nitrogens with one attached hydrogen (secondary N) is 1. The molecule has 1 aliphatic rings. The Morgan fingerprint density at radius 2 is 1.73 bits per heavy atom. The number of benzene rings is 2. The molecule has 0 aliphatic heterocycles. The van der Waals surface area contributed by atoms with Crippen molar-refractivity contribution in [3.05, 3.63) is 65.7 Å². The maximum atomic E-state index is 12.3. The molecule has 0 aromatic heterocycles. The van der Waals surface area contributed by atoms with Gasteiger partial charge >= 0.3 is 0 Å². The topological polar surface area (TPSA) is 75.4 Å². The average Bonchev–Trinajstić information content (AvgIpc) is 3.46. The first kappa shape index (κ1) is 18.1. The first-order chi connectivity index (χ1) is 12.5. The lowest BCUT2D eigenvalue weighted by Crippen LogP contribution is -2.37. The molecule has 26 heavy (non-hydrogen) atoms. The Bertz CT molecular complexity index is 755. The molecule has 3 N–H and O–H groups in total. The Balaban J connectivity index is 1.54. The van der Waals surface area contributed by atoms with Crippen LogP contribution in [0.25, 0.3) is 0 Å². The maximum absolute atomic E-state index is 12.3. The fourth-order valence-corrected chi connectivity index (χ4v) is 2.97. The second-order valence-electron chi connectivity index (χ2n) is 6.86. The molecule has 2 aromatic rings. The van der Waals surface area contributed by atoms with Crippen LogP contribution in [0.4, 0.5) is 5.69 Å². The van der Waals surface area contributed by atoms with Crippen molar-refractivity contribution in [3.8, 4) is 0 Å². The van der Waals surface area contributed by atoms with E-state index < -0.39 is 6.04 Å². The second-order valence-corrected chi connectivity index (χ2v) is 6.86. The molecule has 0 radical (unpaired) electrons. The summed E-state index contributed by atoms with van der Waals surface area (Å²) in [5, 5.41) is 2.86. The van der Waals surface area contributed by atoms with Crippen LogP contribution in [0.2, 0.25) is 0 Å². The minimum atomic E-state index is -0.597. The van der Waals surface area contributed by atoms with Gasteiger partial charge in [0.05, 0.1) is 6.04 Å². The molecule has 0 saturated heterocycles. The number of hydrogen-bond donors (Lipinski definition) is 2. The zero-order valence-electron chi connectivity index (χ0n) is 15.0. The molecular formula is C21H25N3O2. The number of carbonyl (C=O) groups excluding carboxylic acids is 2. The van der Waals surface area contributed by atoms with Gasteiger partial charge in [-0.15, -0.1) is 0 Å². The number of anilines is 1. The Hall–Kier alpha value is -2.66. The minimum absolute atomic E-state index is 0.108. The monoisotopic (exact) mass is 351 g/mol. The Labute approximate surface area is 154 Å². The van der Waals surface area contributed by atoms with Gasteiger partial charge in [-0.3, -0.25) is 9.59 Å². The van der Waals surface area contributed by atoms with E-state index in [0.717, 1.165) is 24.0 Å². The summed E-state index contributed by atoms with van der Waals surface area (Å²) in [5.41, 5.74) is 8.81. The summed E-state index contributed by atoms with van der Waals surface area (Å²) >= 11 is 0. The molecule has 0 bridgehead atoms. The van der Waals surface area contributed by atoms with Gasteiger partial charge in [0, 0.05) is 25.2 Å². The molecule has 0 unspecified atom stereocenters. The number of carbonyl (C=O) groups is 2. The van der Waals surface area contributed by atoms with Crippen LogP contribution in [0, 0.1) is 0 Å². The smallest absolute Gasteiger partial charge is 0.241 e. The van der Waals surface area contributed by atoms with Crippen molar-refractivity contribution in [1.82, 2.24) is 4.90 Å². The van der Waals surface area contributed by atoms with Crippen molar-refractivity contribution in [3.63, 3.8) is 0 Å². The lowest BCUT2D eigenvalue weighted by molar-refractivity contribution is -0.130. The van der Waals surface area contributed by atoms with Gasteiger partial charge in [-0.2, -0.15) is 0 Å². The van der Waals surface area contributed by atoms with E-state index in [1.165, 1.54) is 0 Å². The van der Waals surface area contributed by atoms with E-state index in [4.69, 9.17) is 5.73 Å². The fourth-order valence-electron chi connectivity index (χ4n) is 2.97. The van der Waals surface area contributed by atoms with Crippen LogP contribution in [0.15, 0.2) is 54.6 Å². The zero-order valence-corrected chi connectivity index (χ0v) is 15.0. The standard InChI is InChI=1S/C21H25N3O2/c1-15(25)24(19-11-12-19)14-17-7-9-18(10-8-17)23-21(26)20(22)13-16-5-3-2-4-6-16/h2-10,19-20H,11-14,22H2,1H3,(H,23,26)/t20-/m0/s1. The highest BCUT2D eigenvalue weighted by Crippen LogP contribution is 2.28. The van der Waals surface area contributed by atoms with Gasteiger partial charge in [0.2, 0.25) is 11.8 Å². The van der Waals surface area contributed by atoms with E-state index in [9.17, 15) is 9.59 Å². The Kier molecular flexibility index (Phi) is 5.68. The van der Waals surface area contributed by atoms with E-state index in [1.807, 2.05) is 59.5 Å². The molecule has 1 aliphatic carbocycles. The van der Waals surface area contributed by atoms with Crippen LogP contribution in [-0.4, -0.2) is 28.8 Å². The third-order valence-electron chi connectivity index (χ3n) is 4.60. The van der Waals surface area contributed by atoms with Crippen molar-refractivity contribution in [2.75, 3.05) is 5.32 Å². The predicted octanol–water partition coefficient (Wildman–Crippen LogP) is 2.71. The highest BCUT2D eigenvalue weighted by Gasteiger charge is 2.30. The molecular weight excluding hydrogens is 326 g/mol. The summed E-state index contributed by atoms with van der Waals surface area (Å²) in [6.07, 6.45) is 2.68. The highest BCUT2D eigenvalue weighted by atomic mass is 16.2. The van der Waals surface area contributed by atoms with Gasteiger partial charge in [0.15, 0.2) is 0 Å². The van der Waals surface area contributed by atoms with Crippen LogP contribution >= 0.6 is 0 Å². The SMILES string of the molecule is CC(=O)N(Cc1ccc(NC(=O)[C@@H](N)Cc2ccccc2)cc1)C1CC1. The fraction of sp³-hybridized carbons (Fsp3) is 0.333. The summed E-state index contributed by atoms with van der Waals surface area (Å²) in [4.78, 5) is 25.9. The maximum Gasteiger partial charge on any atom is 0.241 e. The predicted molar refractivity (Wildman–Crippen MR) is 102 cm³/mol. The highest BCUT2D eigenvalue weighted by molar-refractivity contribution is 5.94. The molecule has 2 aromatic carbocycles. The van der Waals surface area contributed by atoms with Crippen molar-refractivity contribution in [1.29, 1.82) is 0 Å². The Morgan fingerprint density at radius 1 is 1.08 bits per heavy atom. The van der Waals surface area contributed by atoms with Crippen LogP contribution < -0.4 is 11.1 Å². The van der Waals surface area contributed by atoms with Crippen molar-refractivity contribution in [2.45, 2.75) is 44.8 Å². The summed E-state index contributed by atoms with van der Waals surface area (Å²) in [6.45, 7) is 2.22. The van der Waals surface area contributed by atoms with Gasteiger partial charge in [0.25, 0.3) is 0 Å². The molecule has 1 saturated carbocycles. The molecule has 1 atom stereocenters. The largest absolute Gasteiger partial charge is 0.336 e. The molecule has 1 fully saturated rings. The summed E-state index contributed by atoms with van der Waals surface area (Å²) in [6, 6.07) is 17.1. The van der Waals surface area contributed by atoms with Gasteiger partial charge in [-0.1, -0.05) is 42.5 Å². The molecule has 5 heteroatoms. The summed E-state index contributed by atoms with van der Waals surface area (Å²) < 4.78 is 0. The summed E-state index contributed by atoms with van der Waals surface area (Å²) in [5.74, 6) is -0.0956. The zero-order chi connectivity index (χ0) is 18.5. The van der Waals surface area contributed by atoms with Gasteiger partial charge in [-0.05, 0) is 42.5 Å². The molecule has 5 nitrogen and oxygen atoms in total. The van der Waals surface area contributed by atoms with E-state index >= 15 is 0 Å². The molecule has 0 heterocycles. The molecule has 136 valence electrons. The van der Waals surface area contributed by atoms with E-state index in [2.05, 4.69) is 5.32 Å². The van der Waals surface area contributed by atoms with Crippen molar-refractivity contribution >= 4 is 17.5 Å². The third kappa shape index (κ3) is 4.92. The second kappa shape index (κ2) is 8.15. The number of amides is 2. The number of nitrogens with zero attached hydrogens (tertiary/aromatic N) is 1. The summed E-state index contributed by atoms with van der Waals surface area (Å²) in [7, 11) is 0. The normalized spacial score (nSPS) is 14.5. The van der Waals surface area contributed by atoms with Crippen LogP contribution in [-0.2, 0) is 22.6 Å². The lowest BCUT2D eigenvalue weighted by Gasteiger charge is -2.20. The number of rotatable bonds is 7. The lowest BCUT2D eigenvalue weighted by atomic mass is 10.1. The quantitative estimate of drug-likeness (QED) is 0.805. The van der Waals surface area contributed by atoms with Crippen molar-refractivity contribution < 1.29 is 9.59 Å². The average molecular weight is 351 g/mol. The van der Waals surface area contributed by atoms with Crippen molar-refractivity contribution in [2.24, 2.45) is 5.73 Å². The van der Waals surface area contributed by atoms with Gasteiger partial charge in [-0.25, -0.2) is 0 Å². The van der Waals surface area contributed by atoms with Gasteiger partial charge in [0.1, 0.15) is 0 Å². The van der Waals surface area contributed by atoms with E-state index in [1.54, 1.807) is 6.92 Å². The number of hydrogen-bond acceptors (Lipinski definition) is 3. The van der Waals surface area contributed by atoms with Gasteiger partial charge < -0.3 is 16.0 Å². The molecule has 3 rings (SSSR count). The van der Waals surface area contributed by atoms with Crippen LogP contribution in [0.3, 0.4) is 0 Å². The minimum Gasteiger partial charge on any atom is -0.336 e. The van der Waals surface area contributed by atoms with E-state index in [-0.39, 0.29) is 11.8 Å². The third-order valence-corrected chi connectivity index (χ3v) is 4.60. The first-order valence-electron chi connectivity index (χ1n) is 8.99.